The molecule has 2 N–H and O–H groups in total. The number of carboxylic acids is 1. The summed E-state index contributed by atoms with van der Waals surface area (Å²) >= 11 is 1.49. The summed E-state index contributed by atoms with van der Waals surface area (Å²) in [5.41, 5.74) is 1.42. The number of aromatic nitrogens is 2. The molecule has 2 atom stereocenters. The van der Waals surface area contributed by atoms with Gasteiger partial charge < -0.3 is 19.7 Å². The van der Waals surface area contributed by atoms with Crippen LogP contribution in [-0.4, -0.2) is 44.1 Å². The number of benzene rings is 3. The molecule has 0 aliphatic rings. The molecule has 10 heteroatoms. The maximum Gasteiger partial charge on any atom is 0.329 e. The number of carbonyl (C=O) groups is 2. The Kier molecular flexibility index (Phi) is 9.91. The van der Waals surface area contributed by atoms with E-state index in [9.17, 15) is 23.5 Å². The molecule has 41 heavy (non-hydrogen) atoms. The Hall–Kier alpha value is -4.02. The topological polar surface area (TPSA) is 93.5 Å². The number of imidazole rings is 1. The van der Waals surface area contributed by atoms with E-state index < -0.39 is 29.3 Å². The Bertz CT molecular complexity index is 1460. The highest BCUT2D eigenvalue weighted by atomic mass is 32.2. The van der Waals surface area contributed by atoms with Gasteiger partial charge in [-0.25, -0.2) is 18.6 Å². The SMILES string of the molecule is CSCC[C@](C)(NC(=O)c1ccc(COC(Cn2ccnc2)c2ccc(F)cc2)cc1-c1ccc(F)cc1)C(=O)O. The zero-order valence-corrected chi connectivity index (χ0v) is 23.5. The Morgan fingerprint density at radius 3 is 2.37 bits per heavy atom. The second kappa shape index (κ2) is 13.6. The van der Waals surface area contributed by atoms with E-state index in [-0.39, 0.29) is 24.4 Å². The third kappa shape index (κ3) is 7.80. The standard InChI is InChI=1S/C31H31F2N3O4S/c1-31(30(38)39,13-16-41-2)35-29(37)26-12-3-21(17-27(26)22-4-8-24(32)9-5-22)19-40-28(18-36-15-14-34-20-36)23-6-10-25(33)11-7-23/h3-12,14-15,17,20,28H,13,16,18-19H2,1-2H3,(H,35,37)(H,38,39)/t28?,31-/m0/s1. The van der Waals surface area contributed by atoms with E-state index in [1.807, 2.05) is 17.0 Å². The van der Waals surface area contributed by atoms with Crippen LogP contribution in [0.15, 0.2) is 85.5 Å². The van der Waals surface area contributed by atoms with E-state index >= 15 is 0 Å². The zero-order valence-electron chi connectivity index (χ0n) is 22.7. The third-order valence-electron chi connectivity index (χ3n) is 6.78. The number of hydrogen-bond acceptors (Lipinski definition) is 5. The van der Waals surface area contributed by atoms with E-state index in [4.69, 9.17) is 4.74 Å². The van der Waals surface area contributed by atoms with Gasteiger partial charge in [0.15, 0.2) is 0 Å². The van der Waals surface area contributed by atoms with Crippen LogP contribution in [0.25, 0.3) is 11.1 Å². The van der Waals surface area contributed by atoms with Crippen LogP contribution in [0.5, 0.6) is 0 Å². The first-order chi connectivity index (χ1) is 19.7. The maximum absolute atomic E-state index is 13.7. The highest BCUT2D eigenvalue weighted by Crippen LogP contribution is 2.29. The van der Waals surface area contributed by atoms with Crippen LogP contribution < -0.4 is 5.32 Å². The first kappa shape index (κ1) is 30.0. The van der Waals surface area contributed by atoms with Gasteiger partial charge in [0, 0.05) is 18.0 Å². The fraction of sp³-hybridized carbons (Fsp3) is 0.258. The fourth-order valence-corrected chi connectivity index (χ4v) is 4.92. The minimum atomic E-state index is -1.46. The number of carboxylic acid groups (broad SMARTS) is 1. The molecular weight excluding hydrogens is 548 g/mol. The van der Waals surface area contributed by atoms with Crippen molar-refractivity contribution in [2.75, 3.05) is 12.0 Å². The van der Waals surface area contributed by atoms with Gasteiger partial charge in [-0.15, -0.1) is 0 Å². The predicted octanol–water partition coefficient (Wildman–Crippen LogP) is 6.11. The average Bonchev–Trinajstić information content (AvgIpc) is 3.48. The predicted molar refractivity (Wildman–Crippen MR) is 154 cm³/mol. The summed E-state index contributed by atoms with van der Waals surface area (Å²) in [7, 11) is 0. The molecule has 0 fully saturated rings. The second-order valence-corrected chi connectivity index (χ2v) is 10.8. The van der Waals surface area contributed by atoms with Gasteiger partial charge in [-0.2, -0.15) is 11.8 Å². The molecule has 1 heterocycles. The maximum atomic E-state index is 13.7. The molecule has 1 amide bonds. The van der Waals surface area contributed by atoms with Crippen LogP contribution in [0.4, 0.5) is 8.78 Å². The summed E-state index contributed by atoms with van der Waals surface area (Å²) in [5, 5.41) is 12.5. The first-order valence-electron chi connectivity index (χ1n) is 12.9. The number of hydrogen-bond donors (Lipinski definition) is 2. The van der Waals surface area contributed by atoms with Gasteiger partial charge in [-0.1, -0.05) is 30.3 Å². The summed E-state index contributed by atoms with van der Waals surface area (Å²) in [6.45, 7) is 2.09. The van der Waals surface area contributed by atoms with Crippen molar-refractivity contribution in [3.63, 3.8) is 0 Å². The average molecular weight is 580 g/mol. The van der Waals surface area contributed by atoms with Crippen molar-refractivity contribution in [2.45, 2.75) is 38.1 Å². The number of ether oxygens (including phenoxy) is 1. The summed E-state index contributed by atoms with van der Waals surface area (Å²) in [6, 6.07) is 17.0. The van der Waals surface area contributed by atoms with Gasteiger partial charge in [-0.05, 0) is 84.0 Å². The van der Waals surface area contributed by atoms with Crippen molar-refractivity contribution >= 4 is 23.6 Å². The lowest BCUT2D eigenvalue weighted by atomic mass is 9.94. The molecule has 0 radical (unpaired) electrons. The van der Waals surface area contributed by atoms with Gasteiger partial charge in [-0.3, -0.25) is 4.79 Å². The number of rotatable bonds is 13. The molecule has 4 aromatic rings. The summed E-state index contributed by atoms with van der Waals surface area (Å²) in [4.78, 5) is 29.5. The molecule has 1 unspecified atom stereocenters. The highest BCUT2D eigenvalue weighted by Gasteiger charge is 2.35. The van der Waals surface area contributed by atoms with Gasteiger partial charge in [0.05, 0.1) is 19.5 Å². The Morgan fingerprint density at radius 2 is 1.76 bits per heavy atom. The number of nitrogens with zero attached hydrogens (tertiary/aromatic N) is 2. The van der Waals surface area contributed by atoms with Crippen molar-refractivity contribution in [3.8, 4) is 11.1 Å². The van der Waals surface area contributed by atoms with Crippen LogP contribution in [0, 0.1) is 11.6 Å². The van der Waals surface area contributed by atoms with Crippen molar-refractivity contribution in [2.24, 2.45) is 0 Å². The number of thioether (sulfide) groups is 1. The molecular formula is C31H31F2N3O4S. The molecule has 0 aliphatic carbocycles. The smallest absolute Gasteiger partial charge is 0.329 e. The van der Waals surface area contributed by atoms with E-state index in [0.717, 1.165) is 11.1 Å². The number of halogens is 2. The normalized spacial score (nSPS) is 13.4. The van der Waals surface area contributed by atoms with Gasteiger partial charge >= 0.3 is 5.97 Å². The van der Waals surface area contributed by atoms with Crippen molar-refractivity contribution in [1.82, 2.24) is 14.9 Å². The molecule has 214 valence electrons. The molecule has 7 nitrogen and oxygen atoms in total. The summed E-state index contributed by atoms with van der Waals surface area (Å²) in [6.07, 6.45) is 6.84. The molecule has 3 aromatic carbocycles. The molecule has 0 saturated carbocycles. The zero-order chi connectivity index (χ0) is 29.4. The molecule has 0 saturated heterocycles. The Labute approximate surface area is 241 Å². The number of aliphatic carboxylic acids is 1. The lowest BCUT2D eigenvalue weighted by molar-refractivity contribution is -0.143. The van der Waals surface area contributed by atoms with Crippen LogP contribution in [0.2, 0.25) is 0 Å². The fourth-order valence-electron chi connectivity index (χ4n) is 4.31. The summed E-state index contributed by atoms with van der Waals surface area (Å²) in [5.74, 6) is -1.89. The van der Waals surface area contributed by atoms with E-state index in [1.54, 1.807) is 55.0 Å². The van der Waals surface area contributed by atoms with Crippen LogP contribution in [-0.2, 0) is 22.7 Å². The summed E-state index contributed by atoms with van der Waals surface area (Å²) < 4.78 is 35.4. The van der Waals surface area contributed by atoms with Crippen LogP contribution >= 0.6 is 11.8 Å². The van der Waals surface area contributed by atoms with Crippen LogP contribution in [0.1, 0.15) is 40.9 Å². The quantitative estimate of drug-likeness (QED) is 0.199. The lowest BCUT2D eigenvalue weighted by Crippen LogP contribution is -2.52. The Balaban J connectivity index is 1.63. The van der Waals surface area contributed by atoms with Crippen molar-refractivity contribution in [1.29, 1.82) is 0 Å². The number of nitrogens with one attached hydrogen (secondary N) is 1. The lowest BCUT2D eigenvalue weighted by Gasteiger charge is -2.26. The highest BCUT2D eigenvalue weighted by molar-refractivity contribution is 7.98. The molecule has 1 aromatic heterocycles. The van der Waals surface area contributed by atoms with Gasteiger partial charge in [0.1, 0.15) is 23.3 Å². The van der Waals surface area contributed by atoms with E-state index in [2.05, 4.69) is 10.3 Å². The van der Waals surface area contributed by atoms with Gasteiger partial charge in [0.25, 0.3) is 5.91 Å². The second-order valence-electron chi connectivity index (χ2n) is 9.83. The largest absolute Gasteiger partial charge is 0.480 e. The van der Waals surface area contributed by atoms with E-state index in [0.29, 0.717) is 23.4 Å². The Morgan fingerprint density at radius 1 is 1.07 bits per heavy atom. The number of amides is 1. The van der Waals surface area contributed by atoms with Gasteiger partial charge in [0.2, 0.25) is 0 Å². The van der Waals surface area contributed by atoms with Crippen molar-refractivity contribution < 1.29 is 28.2 Å². The van der Waals surface area contributed by atoms with E-state index in [1.165, 1.54) is 43.0 Å². The first-order valence-corrected chi connectivity index (χ1v) is 14.3. The number of carbonyl (C=O) groups excluding carboxylic acids is 1. The van der Waals surface area contributed by atoms with Crippen molar-refractivity contribution in [3.05, 3.63) is 114 Å². The minimum absolute atomic E-state index is 0.160. The minimum Gasteiger partial charge on any atom is -0.480 e. The van der Waals surface area contributed by atoms with Crippen LogP contribution in [0.3, 0.4) is 0 Å². The monoisotopic (exact) mass is 579 g/mol. The molecule has 0 aliphatic heterocycles. The molecule has 0 bridgehead atoms. The molecule has 4 rings (SSSR count). The third-order valence-corrected chi connectivity index (χ3v) is 7.39. The molecule has 0 spiro atoms.